The summed E-state index contributed by atoms with van der Waals surface area (Å²) in [5.41, 5.74) is 4.86. The van der Waals surface area contributed by atoms with Crippen LogP contribution in [0.3, 0.4) is 0 Å². The predicted octanol–water partition coefficient (Wildman–Crippen LogP) is 3.47. The Hall–Kier alpha value is -3.68. The molecule has 4 aromatic rings. The van der Waals surface area contributed by atoms with E-state index < -0.39 is 0 Å². The third-order valence-electron chi connectivity index (χ3n) is 5.91. The first-order valence-electron chi connectivity index (χ1n) is 10.8. The highest BCUT2D eigenvalue weighted by molar-refractivity contribution is 5.83. The average molecular weight is 433 g/mol. The molecule has 8 nitrogen and oxygen atoms in total. The molecular weight excluding hydrogens is 404 g/mol. The molecule has 0 fully saturated rings. The molecule has 0 aliphatic heterocycles. The summed E-state index contributed by atoms with van der Waals surface area (Å²) < 4.78 is 1.68. The van der Waals surface area contributed by atoms with Crippen molar-refractivity contribution in [3.63, 3.8) is 0 Å². The Morgan fingerprint density at radius 3 is 2.66 bits per heavy atom. The van der Waals surface area contributed by atoms with Crippen molar-refractivity contribution in [1.29, 1.82) is 0 Å². The number of aryl methyl sites for hydroxylation is 3. The van der Waals surface area contributed by atoms with E-state index in [1.165, 1.54) is 0 Å². The summed E-state index contributed by atoms with van der Waals surface area (Å²) in [7, 11) is 1.81. The molecule has 1 amide bonds. The number of hydrogen-bond acceptors (Lipinski definition) is 4. The highest BCUT2D eigenvalue weighted by Gasteiger charge is 2.19. The van der Waals surface area contributed by atoms with Crippen LogP contribution in [0.25, 0.3) is 22.3 Å². The van der Waals surface area contributed by atoms with Gasteiger partial charge in [0, 0.05) is 24.4 Å². The van der Waals surface area contributed by atoms with Gasteiger partial charge in [-0.25, -0.2) is 4.98 Å². The van der Waals surface area contributed by atoms with Crippen LogP contribution in [0, 0.1) is 13.8 Å². The van der Waals surface area contributed by atoms with Gasteiger partial charge in [0.15, 0.2) is 0 Å². The van der Waals surface area contributed by atoms with Crippen LogP contribution in [-0.2, 0) is 18.3 Å². The van der Waals surface area contributed by atoms with Crippen molar-refractivity contribution < 1.29 is 4.79 Å². The monoisotopic (exact) mass is 432 g/mol. The van der Waals surface area contributed by atoms with E-state index in [4.69, 9.17) is 0 Å². The van der Waals surface area contributed by atoms with Crippen molar-refractivity contribution in [2.75, 3.05) is 0 Å². The maximum absolute atomic E-state index is 12.7. The highest BCUT2D eigenvalue weighted by atomic mass is 16.1. The minimum absolute atomic E-state index is 0.115. The van der Waals surface area contributed by atoms with E-state index in [1.54, 1.807) is 17.9 Å². The Labute approximate surface area is 186 Å². The summed E-state index contributed by atoms with van der Waals surface area (Å²) in [6.45, 7) is 5.84. The van der Waals surface area contributed by atoms with E-state index in [-0.39, 0.29) is 23.9 Å². The van der Waals surface area contributed by atoms with Crippen LogP contribution in [0.1, 0.15) is 48.5 Å². The SMILES string of the molecule is CCC(NC(=O)CCc1c(C)c2c(C)nn(C)c2[nH]c1=O)c1ncc(-c2ccccc2)[nH]1. The Morgan fingerprint density at radius 1 is 1.19 bits per heavy atom. The molecule has 32 heavy (non-hydrogen) atoms. The number of nitrogens with zero attached hydrogens (tertiary/aromatic N) is 3. The van der Waals surface area contributed by atoms with E-state index in [1.807, 2.05) is 51.1 Å². The van der Waals surface area contributed by atoms with Crippen molar-refractivity contribution in [3.05, 3.63) is 69.5 Å². The van der Waals surface area contributed by atoms with Gasteiger partial charge in [-0.2, -0.15) is 5.10 Å². The Balaban J connectivity index is 1.46. The van der Waals surface area contributed by atoms with Crippen LogP contribution in [0.4, 0.5) is 0 Å². The third-order valence-corrected chi connectivity index (χ3v) is 5.91. The van der Waals surface area contributed by atoms with Gasteiger partial charge in [-0.05, 0) is 37.8 Å². The summed E-state index contributed by atoms with van der Waals surface area (Å²) in [6, 6.07) is 9.72. The average Bonchev–Trinajstić information content (AvgIpc) is 3.37. The molecular formula is C24H28N6O2. The van der Waals surface area contributed by atoms with Crippen molar-refractivity contribution in [1.82, 2.24) is 30.0 Å². The number of hydrogen-bond donors (Lipinski definition) is 3. The molecule has 4 rings (SSSR count). The van der Waals surface area contributed by atoms with Crippen LogP contribution in [0.15, 0.2) is 41.3 Å². The number of pyridine rings is 1. The van der Waals surface area contributed by atoms with Crippen molar-refractivity contribution in [3.8, 4) is 11.3 Å². The minimum atomic E-state index is -0.220. The second-order valence-electron chi connectivity index (χ2n) is 8.07. The van der Waals surface area contributed by atoms with Gasteiger partial charge < -0.3 is 15.3 Å². The lowest BCUT2D eigenvalue weighted by Gasteiger charge is -2.15. The summed E-state index contributed by atoms with van der Waals surface area (Å²) in [5.74, 6) is 0.609. The first-order chi connectivity index (χ1) is 15.4. The molecule has 3 N–H and O–H groups in total. The Kier molecular flexibility index (Phi) is 5.94. The van der Waals surface area contributed by atoms with E-state index in [0.717, 1.165) is 33.7 Å². The zero-order valence-electron chi connectivity index (χ0n) is 18.8. The second kappa shape index (κ2) is 8.82. The summed E-state index contributed by atoms with van der Waals surface area (Å²) >= 11 is 0. The maximum Gasteiger partial charge on any atom is 0.253 e. The van der Waals surface area contributed by atoms with Gasteiger partial charge in [0.1, 0.15) is 11.5 Å². The summed E-state index contributed by atoms with van der Waals surface area (Å²) in [6.07, 6.45) is 3.07. The Morgan fingerprint density at radius 2 is 1.94 bits per heavy atom. The summed E-state index contributed by atoms with van der Waals surface area (Å²) in [5, 5.41) is 8.38. The smallest absolute Gasteiger partial charge is 0.253 e. The Bertz CT molecular complexity index is 1320. The van der Waals surface area contributed by atoms with Crippen LogP contribution in [-0.4, -0.2) is 30.6 Å². The fourth-order valence-electron chi connectivity index (χ4n) is 4.20. The van der Waals surface area contributed by atoms with Crippen molar-refractivity contribution in [2.45, 2.75) is 46.1 Å². The van der Waals surface area contributed by atoms with Crippen LogP contribution < -0.4 is 10.9 Å². The molecule has 3 aromatic heterocycles. The predicted molar refractivity (Wildman–Crippen MR) is 124 cm³/mol. The number of H-pyrrole nitrogens is 2. The van der Waals surface area contributed by atoms with E-state index >= 15 is 0 Å². The zero-order chi connectivity index (χ0) is 22.8. The quantitative estimate of drug-likeness (QED) is 0.415. The molecule has 0 saturated carbocycles. The largest absolute Gasteiger partial charge is 0.346 e. The molecule has 0 radical (unpaired) electrons. The molecule has 0 aliphatic rings. The van der Waals surface area contributed by atoms with Gasteiger partial charge in [0.05, 0.1) is 23.6 Å². The molecule has 0 bridgehead atoms. The molecule has 0 spiro atoms. The number of aromatic nitrogens is 5. The number of imidazole rings is 1. The molecule has 1 atom stereocenters. The normalized spacial score (nSPS) is 12.2. The second-order valence-corrected chi connectivity index (χ2v) is 8.07. The minimum Gasteiger partial charge on any atom is -0.346 e. The molecule has 166 valence electrons. The van der Waals surface area contributed by atoms with Crippen molar-refractivity contribution >= 4 is 16.9 Å². The first-order valence-corrected chi connectivity index (χ1v) is 10.8. The van der Waals surface area contributed by atoms with E-state index in [9.17, 15) is 9.59 Å². The molecule has 3 heterocycles. The zero-order valence-corrected chi connectivity index (χ0v) is 18.8. The van der Waals surface area contributed by atoms with E-state index in [2.05, 4.69) is 25.4 Å². The molecule has 1 aromatic carbocycles. The number of aromatic amines is 2. The lowest BCUT2D eigenvalue weighted by molar-refractivity contribution is -0.121. The number of rotatable bonds is 7. The van der Waals surface area contributed by atoms with Crippen LogP contribution >= 0.6 is 0 Å². The van der Waals surface area contributed by atoms with Gasteiger partial charge >= 0.3 is 0 Å². The molecule has 8 heteroatoms. The molecule has 0 saturated heterocycles. The maximum atomic E-state index is 12.7. The number of carbonyl (C=O) groups is 1. The number of carbonyl (C=O) groups excluding carboxylic acids is 1. The number of nitrogens with one attached hydrogen (secondary N) is 3. The van der Waals surface area contributed by atoms with Crippen LogP contribution in [0.5, 0.6) is 0 Å². The molecule has 0 aliphatic carbocycles. The lowest BCUT2D eigenvalue weighted by Crippen LogP contribution is -2.29. The standard InChI is InChI=1S/C24H28N6O2/c1-5-18(22-25-13-19(27-22)16-9-7-6-8-10-16)26-20(31)12-11-17-14(2)21-15(3)29-30(4)23(21)28-24(17)32/h6-10,13,18H,5,11-12H2,1-4H3,(H,25,27)(H,26,31)(H,28,32). The van der Waals surface area contributed by atoms with Crippen LogP contribution in [0.2, 0.25) is 0 Å². The number of benzene rings is 1. The number of amides is 1. The topological polar surface area (TPSA) is 108 Å². The fourth-order valence-corrected chi connectivity index (χ4v) is 4.20. The van der Waals surface area contributed by atoms with Gasteiger partial charge in [0.2, 0.25) is 5.91 Å². The highest BCUT2D eigenvalue weighted by Crippen LogP contribution is 2.22. The first kappa shape index (κ1) is 21.5. The molecule has 1 unspecified atom stereocenters. The van der Waals surface area contributed by atoms with Gasteiger partial charge in [-0.3, -0.25) is 14.3 Å². The third kappa shape index (κ3) is 4.08. The van der Waals surface area contributed by atoms with Gasteiger partial charge in [-0.1, -0.05) is 37.3 Å². The van der Waals surface area contributed by atoms with Crippen molar-refractivity contribution in [2.24, 2.45) is 7.05 Å². The van der Waals surface area contributed by atoms with Gasteiger partial charge in [-0.15, -0.1) is 0 Å². The number of fused-ring (bicyclic) bond motifs is 1. The lowest BCUT2D eigenvalue weighted by atomic mass is 10.0. The fraction of sp³-hybridized carbons (Fsp3) is 0.333. The van der Waals surface area contributed by atoms with E-state index in [0.29, 0.717) is 24.1 Å². The van der Waals surface area contributed by atoms with Gasteiger partial charge in [0.25, 0.3) is 5.56 Å². The summed E-state index contributed by atoms with van der Waals surface area (Å²) in [4.78, 5) is 36.0.